The number of likely N-dealkylation sites (N-methyl/N-ethyl adjacent to an activating group) is 1. The predicted octanol–water partition coefficient (Wildman–Crippen LogP) is 5.51. The molecule has 1 saturated carbocycles. The number of aldehydes is 1. The van der Waals surface area contributed by atoms with E-state index in [4.69, 9.17) is 10.4 Å². The molecule has 3 unspecified atom stereocenters. The Morgan fingerprint density at radius 3 is 2.41 bits per heavy atom. The van der Waals surface area contributed by atoms with Gasteiger partial charge >= 0.3 is 0 Å². The van der Waals surface area contributed by atoms with Crippen LogP contribution in [0.5, 0.6) is 0 Å². The third kappa shape index (κ3) is 7.88. The first kappa shape index (κ1) is 32.8. The van der Waals surface area contributed by atoms with E-state index < -0.39 is 24.1 Å². The number of benzene rings is 2. The summed E-state index contributed by atoms with van der Waals surface area (Å²) in [5.41, 5.74) is 2.92. The van der Waals surface area contributed by atoms with Gasteiger partial charge in [-0.2, -0.15) is 5.26 Å². The van der Waals surface area contributed by atoms with E-state index in [0.29, 0.717) is 19.3 Å². The molecule has 2 aromatic carbocycles. The summed E-state index contributed by atoms with van der Waals surface area (Å²) >= 11 is 0. The molecule has 0 radical (unpaired) electrons. The van der Waals surface area contributed by atoms with Gasteiger partial charge in [-0.25, -0.2) is 8.78 Å². The van der Waals surface area contributed by atoms with E-state index in [1.807, 2.05) is 54.5 Å². The molecular weight excluding hydrogens is 564 g/mol. The summed E-state index contributed by atoms with van der Waals surface area (Å²) in [6, 6.07) is 14.8. The number of carbonyl (C=O) groups excluding carboxylic acids is 2. The minimum atomic E-state index is -2.63. The summed E-state index contributed by atoms with van der Waals surface area (Å²) < 4.78 is 27.3. The van der Waals surface area contributed by atoms with Crippen LogP contribution < -0.4 is 10.2 Å². The lowest BCUT2D eigenvalue weighted by molar-refractivity contribution is -0.124. The van der Waals surface area contributed by atoms with Crippen molar-refractivity contribution in [3.8, 4) is 6.19 Å². The van der Waals surface area contributed by atoms with Crippen LogP contribution in [-0.2, 0) is 15.0 Å². The fourth-order valence-corrected chi connectivity index (χ4v) is 5.78. The normalized spacial score (nSPS) is 20.6. The summed E-state index contributed by atoms with van der Waals surface area (Å²) in [6.45, 7) is 6.78. The second-order valence-electron chi connectivity index (χ2n) is 12.7. The highest BCUT2D eigenvalue weighted by Gasteiger charge is 2.37. The monoisotopic (exact) mass is 605 g/mol. The smallest absolute Gasteiger partial charge is 0.248 e. The lowest BCUT2D eigenvalue weighted by atomic mass is 9.87. The van der Waals surface area contributed by atoms with Gasteiger partial charge in [0.2, 0.25) is 11.8 Å². The van der Waals surface area contributed by atoms with Gasteiger partial charge in [0.1, 0.15) is 12.3 Å². The van der Waals surface area contributed by atoms with Crippen LogP contribution in [0.3, 0.4) is 0 Å². The van der Waals surface area contributed by atoms with Gasteiger partial charge < -0.3 is 20.1 Å². The minimum Gasteiger partial charge on any atom is -0.391 e. The van der Waals surface area contributed by atoms with Crippen LogP contribution in [-0.4, -0.2) is 64.9 Å². The predicted molar refractivity (Wildman–Crippen MR) is 166 cm³/mol. The first-order valence-electron chi connectivity index (χ1n) is 15.0. The number of anilines is 1. The average molecular weight is 606 g/mol. The number of nitrogens with one attached hydrogen (secondary N) is 1. The number of nitriles is 1. The SMILES string of the molecule is CN(c1ccc(C(C)(C)C)cc1)C(C(=O)NC1CCC(F)(F)CC1)c1cncc2ccccc12.N#CN1CC(O)CC1C=O. The summed E-state index contributed by atoms with van der Waals surface area (Å²) in [7, 11) is 1.90. The highest BCUT2D eigenvalue weighted by Crippen LogP contribution is 2.35. The molecule has 2 fully saturated rings. The molecule has 1 amide bonds. The maximum atomic E-state index is 13.7. The van der Waals surface area contributed by atoms with E-state index in [2.05, 4.69) is 43.2 Å². The number of aliphatic hydroxyl groups excluding tert-OH is 1. The first-order chi connectivity index (χ1) is 20.8. The first-order valence-corrected chi connectivity index (χ1v) is 15.0. The number of nitrogens with zero attached hydrogens (tertiary/aromatic N) is 4. The number of likely N-dealkylation sites (tertiary alicyclic amines) is 1. The Labute approximate surface area is 257 Å². The maximum Gasteiger partial charge on any atom is 0.248 e. The number of rotatable bonds is 6. The highest BCUT2D eigenvalue weighted by atomic mass is 19.3. The van der Waals surface area contributed by atoms with Gasteiger partial charge in [0.15, 0.2) is 6.19 Å². The fourth-order valence-electron chi connectivity index (χ4n) is 5.78. The number of hydrogen-bond acceptors (Lipinski definition) is 7. The number of aliphatic hydroxyl groups is 1. The zero-order valence-corrected chi connectivity index (χ0v) is 25.7. The number of β-amino-alcohol motifs (C(OH)–C–C–N with tert-alkyl or cyclic N) is 1. The highest BCUT2D eigenvalue weighted by molar-refractivity contribution is 5.94. The average Bonchev–Trinajstić information content (AvgIpc) is 3.38. The van der Waals surface area contributed by atoms with Crippen LogP contribution in [0.4, 0.5) is 14.5 Å². The largest absolute Gasteiger partial charge is 0.391 e. The van der Waals surface area contributed by atoms with Crippen LogP contribution in [0.15, 0.2) is 60.9 Å². The summed E-state index contributed by atoms with van der Waals surface area (Å²) in [5, 5.41) is 22.3. The standard InChI is InChI=1S/C28H33F2N3O.C6H8N2O2/c1-27(2,3)20-9-11-22(12-10-20)33(4)25(24-18-31-17-19-7-5-6-8-23(19)24)26(34)32-21-13-15-28(29,30)16-14-21;7-4-8-2-6(10)1-5(8)3-9/h5-12,17-18,21,25H,13-16H2,1-4H3,(H,32,34);3,5-6,10H,1-2H2. The molecule has 10 heteroatoms. The Bertz CT molecular complexity index is 1470. The van der Waals surface area contributed by atoms with E-state index in [1.54, 1.807) is 12.4 Å². The second kappa shape index (κ2) is 13.7. The number of halogens is 2. The second-order valence-corrected chi connectivity index (χ2v) is 12.7. The Morgan fingerprint density at radius 2 is 1.82 bits per heavy atom. The summed E-state index contributed by atoms with van der Waals surface area (Å²) in [6.07, 6.45) is 6.10. The van der Waals surface area contributed by atoms with Crippen LogP contribution in [0.25, 0.3) is 10.8 Å². The van der Waals surface area contributed by atoms with Crippen molar-refractivity contribution in [3.05, 3.63) is 72.1 Å². The molecule has 0 bridgehead atoms. The van der Waals surface area contributed by atoms with E-state index in [0.717, 1.165) is 22.0 Å². The molecule has 44 heavy (non-hydrogen) atoms. The van der Waals surface area contributed by atoms with E-state index in [9.17, 15) is 18.4 Å². The molecule has 2 N–H and O–H groups in total. The third-order valence-electron chi connectivity index (χ3n) is 8.44. The molecule has 2 heterocycles. The number of carbonyl (C=O) groups is 2. The van der Waals surface area contributed by atoms with Gasteiger partial charge in [-0.15, -0.1) is 0 Å². The molecule has 3 atom stereocenters. The Morgan fingerprint density at radius 1 is 1.16 bits per heavy atom. The van der Waals surface area contributed by atoms with E-state index in [1.165, 1.54) is 10.5 Å². The number of aromatic nitrogens is 1. The molecule has 1 aliphatic heterocycles. The van der Waals surface area contributed by atoms with Crippen LogP contribution in [0.1, 0.15) is 70.0 Å². The quantitative estimate of drug-likeness (QED) is 0.282. The van der Waals surface area contributed by atoms with Gasteiger partial charge in [-0.3, -0.25) is 14.7 Å². The number of amides is 1. The molecule has 5 rings (SSSR count). The van der Waals surface area contributed by atoms with Crippen LogP contribution >= 0.6 is 0 Å². The molecule has 8 nitrogen and oxygen atoms in total. The molecule has 2 aliphatic rings. The van der Waals surface area contributed by atoms with Crippen molar-refractivity contribution in [2.45, 2.75) is 88.4 Å². The maximum absolute atomic E-state index is 13.7. The summed E-state index contributed by atoms with van der Waals surface area (Å²) in [4.78, 5) is 31.5. The van der Waals surface area contributed by atoms with Crippen molar-refractivity contribution in [2.75, 3.05) is 18.5 Å². The Kier molecular flexibility index (Phi) is 10.2. The molecule has 1 aromatic heterocycles. The van der Waals surface area contributed by atoms with Crippen molar-refractivity contribution in [3.63, 3.8) is 0 Å². The fraction of sp³-hybridized carbons (Fsp3) is 0.471. The zero-order chi connectivity index (χ0) is 32.1. The topological polar surface area (TPSA) is 110 Å². The van der Waals surface area contributed by atoms with Gasteiger partial charge in [-0.1, -0.05) is 57.2 Å². The zero-order valence-electron chi connectivity index (χ0n) is 25.7. The lowest BCUT2D eigenvalue weighted by Crippen LogP contribution is -2.46. The summed E-state index contributed by atoms with van der Waals surface area (Å²) in [5.74, 6) is -2.83. The molecule has 1 aliphatic carbocycles. The van der Waals surface area contributed by atoms with Crippen molar-refractivity contribution in [2.24, 2.45) is 0 Å². The van der Waals surface area contributed by atoms with E-state index >= 15 is 0 Å². The molecule has 1 saturated heterocycles. The van der Waals surface area contributed by atoms with Gasteiger partial charge in [0, 0.05) is 61.4 Å². The number of alkyl halides is 2. The van der Waals surface area contributed by atoms with E-state index in [-0.39, 0.29) is 43.0 Å². The number of fused-ring (bicyclic) bond motifs is 1. The van der Waals surface area contributed by atoms with Crippen molar-refractivity contribution in [1.29, 1.82) is 5.26 Å². The molecular formula is C34H41F2N5O3. The Balaban J connectivity index is 0.000000375. The van der Waals surface area contributed by atoms with Gasteiger partial charge in [0.05, 0.1) is 18.7 Å². The number of hydrogen-bond donors (Lipinski definition) is 2. The third-order valence-corrected chi connectivity index (χ3v) is 8.44. The van der Waals surface area contributed by atoms with Crippen molar-refractivity contribution >= 4 is 28.7 Å². The van der Waals surface area contributed by atoms with Crippen molar-refractivity contribution < 1.29 is 23.5 Å². The molecule has 234 valence electrons. The lowest BCUT2D eigenvalue weighted by Gasteiger charge is -2.34. The Hall–Kier alpha value is -4.10. The molecule has 3 aromatic rings. The minimum absolute atomic E-state index is 0.0243. The van der Waals surface area contributed by atoms with Gasteiger partial charge in [-0.05, 0) is 41.3 Å². The van der Waals surface area contributed by atoms with Crippen LogP contribution in [0, 0.1) is 11.5 Å². The van der Waals surface area contributed by atoms with Crippen molar-refractivity contribution in [1.82, 2.24) is 15.2 Å². The molecule has 0 spiro atoms. The van der Waals surface area contributed by atoms with Crippen LogP contribution in [0.2, 0.25) is 0 Å². The number of pyridine rings is 1. The van der Waals surface area contributed by atoms with Gasteiger partial charge in [0.25, 0.3) is 0 Å².